The number of nitrogens with one attached hydrogen (secondary N) is 1. The number of rotatable bonds is 5. The van der Waals surface area contributed by atoms with Crippen LogP contribution in [0.25, 0.3) is 11.1 Å². The Kier molecular flexibility index (Phi) is 3.78. The number of hydrogen-bond donors (Lipinski definition) is 2. The molecule has 2 aromatic rings. The van der Waals surface area contributed by atoms with Crippen LogP contribution in [0.5, 0.6) is 0 Å². The lowest BCUT2D eigenvalue weighted by molar-refractivity contribution is 0.112. The van der Waals surface area contributed by atoms with E-state index >= 15 is 0 Å². The van der Waals surface area contributed by atoms with Crippen molar-refractivity contribution in [2.45, 2.75) is 20.4 Å². The third kappa shape index (κ3) is 3.45. The lowest BCUT2D eigenvalue weighted by Gasteiger charge is -2.28. The van der Waals surface area contributed by atoms with Gasteiger partial charge < -0.3 is 14.4 Å². The van der Waals surface area contributed by atoms with Crippen LogP contribution in [-0.4, -0.2) is 35.2 Å². The van der Waals surface area contributed by atoms with E-state index in [1.165, 1.54) is 0 Å². The Morgan fingerprint density at radius 1 is 1.42 bits per heavy atom. The molecular weight excluding hydrogens is 244 g/mol. The molecule has 0 spiro atoms. The van der Waals surface area contributed by atoms with E-state index in [4.69, 9.17) is 4.42 Å². The summed E-state index contributed by atoms with van der Waals surface area (Å²) in [6.07, 6.45) is 0. The predicted octanol–water partition coefficient (Wildman–Crippen LogP) is 1.57. The summed E-state index contributed by atoms with van der Waals surface area (Å²) < 4.78 is 4.97. The van der Waals surface area contributed by atoms with Crippen molar-refractivity contribution in [3.05, 3.63) is 34.3 Å². The van der Waals surface area contributed by atoms with E-state index in [9.17, 15) is 9.90 Å². The molecule has 1 aromatic carbocycles. The molecule has 0 radical (unpaired) electrons. The van der Waals surface area contributed by atoms with E-state index in [-0.39, 0.29) is 12.0 Å². The Morgan fingerprint density at radius 2 is 2.16 bits per heavy atom. The molecule has 0 aliphatic carbocycles. The zero-order chi connectivity index (χ0) is 14.0. The van der Waals surface area contributed by atoms with Crippen LogP contribution in [0, 0.1) is 5.41 Å². The fraction of sp³-hybridized carbons (Fsp3) is 0.500. The molecule has 0 saturated carbocycles. The number of aromatic nitrogens is 1. The molecule has 0 saturated heterocycles. The summed E-state index contributed by atoms with van der Waals surface area (Å²) in [7, 11) is 2.01. The zero-order valence-electron chi connectivity index (χ0n) is 11.6. The molecular formula is C14H20N2O3. The molecule has 19 heavy (non-hydrogen) atoms. The maximum atomic E-state index is 11.1. The first-order valence-corrected chi connectivity index (χ1v) is 6.31. The van der Waals surface area contributed by atoms with Gasteiger partial charge in [0.2, 0.25) is 0 Å². The third-order valence-electron chi connectivity index (χ3n) is 3.06. The van der Waals surface area contributed by atoms with Crippen molar-refractivity contribution in [2.75, 3.05) is 20.2 Å². The second-order valence-corrected chi connectivity index (χ2v) is 5.84. The minimum Gasteiger partial charge on any atom is -0.408 e. The van der Waals surface area contributed by atoms with Gasteiger partial charge >= 0.3 is 5.76 Å². The largest absolute Gasteiger partial charge is 0.417 e. The predicted molar refractivity (Wildman–Crippen MR) is 74.0 cm³/mol. The number of benzene rings is 1. The zero-order valence-corrected chi connectivity index (χ0v) is 11.6. The molecule has 0 atom stereocenters. The molecule has 0 amide bonds. The molecule has 1 aromatic heterocycles. The van der Waals surface area contributed by atoms with Gasteiger partial charge in [-0.1, -0.05) is 19.9 Å². The fourth-order valence-electron chi connectivity index (χ4n) is 2.25. The monoisotopic (exact) mass is 264 g/mol. The lowest BCUT2D eigenvalue weighted by atomic mass is 9.94. The van der Waals surface area contributed by atoms with E-state index in [1.54, 1.807) is 6.07 Å². The van der Waals surface area contributed by atoms with E-state index in [0.717, 1.165) is 24.2 Å². The molecule has 104 valence electrons. The smallest absolute Gasteiger partial charge is 0.408 e. The first-order valence-electron chi connectivity index (χ1n) is 6.31. The van der Waals surface area contributed by atoms with Crippen molar-refractivity contribution in [3.8, 4) is 0 Å². The Balaban J connectivity index is 2.10. The van der Waals surface area contributed by atoms with Crippen molar-refractivity contribution in [3.63, 3.8) is 0 Å². The van der Waals surface area contributed by atoms with Crippen LogP contribution in [0.1, 0.15) is 19.4 Å². The van der Waals surface area contributed by atoms with Gasteiger partial charge in [0, 0.05) is 25.1 Å². The van der Waals surface area contributed by atoms with E-state index < -0.39 is 5.76 Å². The Hall–Kier alpha value is -1.59. The maximum absolute atomic E-state index is 11.1. The number of fused-ring (bicyclic) bond motifs is 1. The maximum Gasteiger partial charge on any atom is 0.417 e. The van der Waals surface area contributed by atoms with Gasteiger partial charge in [-0.25, -0.2) is 4.79 Å². The van der Waals surface area contributed by atoms with Crippen LogP contribution in [0.2, 0.25) is 0 Å². The highest BCUT2D eigenvalue weighted by atomic mass is 16.4. The molecule has 0 fully saturated rings. The number of aromatic amines is 1. The molecule has 2 rings (SSSR count). The first kappa shape index (κ1) is 13.8. The van der Waals surface area contributed by atoms with Crippen molar-refractivity contribution in [1.29, 1.82) is 0 Å². The van der Waals surface area contributed by atoms with E-state index in [2.05, 4.69) is 9.88 Å². The first-order chi connectivity index (χ1) is 8.89. The summed E-state index contributed by atoms with van der Waals surface area (Å²) in [5.41, 5.74) is 2.27. The van der Waals surface area contributed by atoms with E-state index in [1.807, 2.05) is 33.0 Å². The molecule has 0 unspecified atom stereocenters. The summed E-state index contributed by atoms with van der Waals surface area (Å²) in [6, 6.07) is 5.66. The van der Waals surface area contributed by atoms with Gasteiger partial charge in [0.1, 0.15) is 0 Å². The molecule has 1 heterocycles. The Bertz CT molecular complexity index is 612. The molecule has 0 aliphatic rings. The summed E-state index contributed by atoms with van der Waals surface area (Å²) in [4.78, 5) is 15.9. The molecule has 2 N–H and O–H groups in total. The molecule has 0 bridgehead atoms. The van der Waals surface area contributed by atoms with Crippen molar-refractivity contribution in [1.82, 2.24) is 9.88 Å². The van der Waals surface area contributed by atoms with Crippen LogP contribution < -0.4 is 5.76 Å². The SMILES string of the molecule is CN(Cc1ccc2oc(=O)[nH]c2c1)CC(C)(C)CO. The summed E-state index contributed by atoms with van der Waals surface area (Å²) in [5.74, 6) is -0.429. The van der Waals surface area contributed by atoms with Crippen molar-refractivity contribution < 1.29 is 9.52 Å². The highest BCUT2D eigenvalue weighted by Crippen LogP contribution is 2.18. The number of hydrogen-bond acceptors (Lipinski definition) is 4. The van der Waals surface area contributed by atoms with Gasteiger partial charge in [-0.2, -0.15) is 0 Å². The molecule has 5 heteroatoms. The Labute approximate surface area is 111 Å². The average Bonchev–Trinajstić information content (AvgIpc) is 2.67. The highest BCUT2D eigenvalue weighted by Gasteiger charge is 2.19. The topological polar surface area (TPSA) is 69.5 Å². The summed E-state index contributed by atoms with van der Waals surface area (Å²) >= 11 is 0. The molecule has 0 aliphatic heterocycles. The van der Waals surface area contributed by atoms with Gasteiger partial charge in [-0.3, -0.25) is 4.98 Å². The van der Waals surface area contributed by atoms with Gasteiger partial charge in [-0.15, -0.1) is 0 Å². The van der Waals surface area contributed by atoms with Crippen LogP contribution in [-0.2, 0) is 6.54 Å². The van der Waals surface area contributed by atoms with Crippen LogP contribution >= 0.6 is 0 Å². The quantitative estimate of drug-likeness (QED) is 0.860. The second-order valence-electron chi connectivity index (χ2n) is 5.84. The Morgan fingerprint density at radius 3 is 2.84 bits per heavy atom. The number of aliphatic hydroxyl groups excluding tert-OH is 1. The van der Waals surface area contributed by atoms with E-state index in [0.29, 0.717) is 5.58 Å². The van der Waals surface area contributed by atoms with Crippen LogP contribution in [0.3, 0.4) is 0 Å². The number of oxazole rings is 1. The van der Waals surface area contributed by atoms with Crippen molar-refractivity contribution >= 4 is 11.1 Å². The van der Waals surface area contributed by atoms with Crippen LogP contribution in [0.4, 0.5) is 0 Å². The highest BCUT2D eigenvalue weighted by molar-refractivity contribution is 5.72. The summed E-state index contributed by atoms with van der Waals surface area (Å²) in [6.45, 7) is 5.77. The second kappa shape index (κ2) is 5.19. The third-order valence-corrected chi connectivity index (χ3v) is 3.06. The van der Waals surface area contributed by atoms with Gasteiger partial charge in [-0.05, 0) is 24.7 Å². The standard InChI is InChI=1S/C14H20N2O3/c1-14(2,9-17)8-16(3)7-10-4-5-12-11(6-10)15-13(18)19-12/h4-6,17H,7-9H2,1-3H3,(H,15,18). The lowest BCUT2D eigenvalue weighted by Crippen LogP contribution is -2.33. The van der Waals surface area contributed by atoms with Gasteiger partial charge in [0.15, 0.2) is 5.58 Å². The normalized spacial score (nSPS) is 12.5. The van der Waals surface area contributed by atoms with Gasteiger partial charge in [0.05, 0.1) is 5.52 Å². The average molecular weight is 264 g/mol. The minimum absolute atomic E-state index is 0.122. The number of nitrogens with zero attached hydrogens (tertiary/aromatic N) is 1. The number of aliphatic hydroxyl groups is 1. The fourth-order valence-corrected chi connectivity index (χ4v) is 2.25. The van der Waals surface area contributed by atoms with Crippen molar-refractivity contribution in [2.24, 2.45) is 5.41 Å². The number of H-pyrrole nitrogens is 1. The van der Waals surface area contributed by atoms with Gasteiger partial charge in [0.25, 0.3) is 0 Å². The summed E-state index contributed by atoms with van der Waals surface area (Å²) in [5, 5.41) is 9.27. The minimum atomic E-state index is -0.429. The molecule has 5 nitrogen and oxygen atoms in total. The van der Waals surface area contributed by atoms with Crippen LogP contribution in [0.15, 0.2) is 27.4 Å².